The second-order valence-electron chi connectivity index (χ2n) is 6.32. The van der Waals surface area contributed by atoms with E-state index < -0.39 is 0 Å². The van der Waals surface area contributed by atoms with E-state index in [4.69, 9.17) is 9.47 Å². The number of halogens is 2. The fourth-order valence-corrected chi connectivity index (χ4v) is 2.58. The Hall–Kier alpha value is -1.87. The zero-order valence-electron chi connectivity index (χ0n) is 16.8. The van der Waals surface area contributed by atoms with E-state index in [1.165, 1.54) is 6.07 Å². The maximum Gasteiger partial charge on any atom is 0.191 e. The Morgan fingerprint density at radius 3 is 2.46 bits per heavy atom. The molecule has 0 radical (unpaired) electrons. The van der Waals surface area contributed by atoms with Gasteiger partial charge in [-0.1, -0.05) is 24.3 Å². The van der Waals surface area contributed by atoms with Crippen LogP contribution in [0.3, 0.4) is 0 Å². The molecule has 2 aromatic rings. The van der Waals surface area contributed by atoms with E-state index in [9.17, 15) is 4.39 Å². The van der Waals surface area contributed by atoms with Crippen LogP contribution in [-0.2, 0) is 17.8 Å². The van der Waals surface area contributed by atoms with Crippen molar-refractivity contribution in [3.8, 4) is 5.75 Å². The van der Waals surface area contributed by atoms with E-state index in [0.717, 1.165) is 22.4 Å². The van der Waals surface area contributed by atoms with Crippen molar-refractivity contribution in [2.24, 2.45) is 4.99 Å². The summed E-state index contributed by atoms with van der Waals surface area (Å²) in [6.07, 6.45) is 0. The highest BCUT2D eigenvalue weighted by atomic mass is 127. The van der Waals surface area contributed by atoms with Gasteiger partial charge in [0, 0.05) is 32.8 Å². The summed E-state index contributed by atoms with van der Waals surface area (Å²) in [5.41, 5.74) is 3.81. The number of hydrogen-bond acceptors (Lipinski definition) is 3. The van der Waals surface area contributed by atoms with Crippen LogP contribution in [0.1, 0.15) is 22.3 Å². The van der Waals surface area contributed by atoms with Crippen molar-refractivity contribution in [3.63, 3.8) is 0 Å². The Morgan fingerprint density at radius 1 is 1.04 bits per heavy atom. The monoisotopic (exact) mass is 501 g/mol. The first-order chi connectivity index (χ1) is 13.0. The molecule has 2 aromatic carbocycles. The maximum absolute atomic E-state index is 13.4. The van der Waals surface area contributed by atoms with Gasteiger partial charge < -0.3 is 20.1 Å². The van der Waals surface area contributed by atoms with E-state index in [0.29, 0.717) is 37.8 Å². The zero-order chi connectivity index (χ0) is 19.6. The van der Waals surface area contributed by atoms with Crippen LogP contribution in [0.15, 0.2) is 41.4 Å². The Balaban J connectivity index is 0.00000392. The van der Waals surface area contributed by atoms with Crippen LogP contribution < -0.4 is 15.4 Å². The summed E-state index contributed by atoms with van der Waals surface area (Å²) in [5.74, 6) is 1.31. The Kier molecular flexibility index (Phi) is 10.8. The van der Waals surface area contributed by atoms with Gasteiger partial charge in [0.15, 0.2) is 5.96 Å². The lowest BCUT2D eigenvalue weighted by Gasteiger charge is -2.15. The lowest BCUT2D eigenvalue weighted by Crippen LogP contribution is -2.36. The molecule has 0 aliphatic carbocycles. The van der Waals surface area contributed by atoms with Crippen molar-refractivity contribution < 1.29 is 13.9 Å². The first kappa shape index (κ1) is 24.2. The molecule has 28 heavy (non-hydrogen) atoms. The van der Waals surface area contributed by atoms with Gasteiger partial charge in [-0.2, -0.15) is 0 Å². The highest BCUT2D eigenvalue weighted by molar-refractivity contribution is 14.0. The third-order valence-corrected chi connectivity index (χ3v) is 4.12. The van der Waals surface area contributed by atoms with E-state index in [2.05, 4.69) is 21.7 Å². The van der Waals surface area contributed by atoms with Crippen LogP contribution in [0.5, 0.6) is 5.75 Å². The molecule has 7 heteroatoms. The normalized spacial score (nSPS) is 11.0. The minimum atomic E-state index is -0.193. The molecule has 0 amide bonds. The number of hydrogen-bond donors (Lipinski definition) is 2. The minimum Gasteiger partial charge on any atom is -0.491 e. The molecule has 0 bridgehead atoms. The molecule has 2 N–H and O–H groups in total. The quantitative estimate of drug-likeness (QED) is 0.249. The van der Waals surface area contributed by atoms with Crippen molar-refractivity contribution in [1.29, 1.82) is 0 Å². The number of benzene rings is 2. The van der Waals surface area contributed by atoms with Crippen LogP contribution in [-0.4, -0.2) is 33.3 Å². The zero-order valence-corrected chi connectivity index (χ0v) is 19.2. The second-order valence-corrected chi connectivity index (χ2v) is 6.32. The summed E-state index contributed by atoms with van der Waals surface area (Å²) in [7, 11) is 3.37. The van der Waals surface area contributed by atoms with E-state index in [-0.39, 0.29) is 29.8 Å². The summed E-state index contributed by atoms with van der Waals surface area (Å²) in [4.78, 5) is 4.24. The van der Waals surface area contributed by atoms with E-state index in [1.807, 2.05) is 25.1 Å². The van der Waals surface area contributed by atoms with Crippen molar-refractivity contribution in [1.82, 2.24) is 10.6 Å². The molecule has 5 nitrogen and oxygen atoms in total. The molecule has 154 valence electrons. The number of rotatable bonds is 8. The Labute approximate surface area is 183 Å². The maximum atomic E-state index is 13.4. The summed E-state index contributed by atoms with van der Waals surface area (Å²) >= 11 is 0. The van der Waals surface area contributed by atoms with Crippen molar-refractivity contribution in [2.75, 3.05) is 27.4 Å². The van der Waals surface area contributed by atoms with Crippen LogP contribution in [0.2, 0.25) is 0 Å². The molecular formula is C21H29FIN3O2. The average molecular weight is 501 g/mol. The largest absolute Gasteiger partial charge is 0.491 e. The standard InChI is InChI=1S/C21H28FN3O2.HI/c1-15-5-7-18(20(11-15)27-10-9-26-4)14-25-21(23-3)24-13-17-6-8-19(22)16(2)12-17;/h5-8,11-12H,9-10,13-14H2,1-4H3,(H2,23,24,25);1H. The highest BCUT2D eigenvalue weighted by Crippen LogP contribution is 2.20. The number of ether oxygens (including phenoxy) is 2. The molecule has 0 saturated carbocycles. The fourth-order valence-electron chi connectivity index (χ4n) is 2.58. The van der Waals surface area contributed by atoms with Gasteiger partial charge in [-0.05, 0) is 42.7 Å². The number of methoxy groups -OCH3 is 1. The lowest BCUT2D eigenvalue weighted by molar-refractivity contribution is 0.145. The van der Waals surface area contributed by atoms with Gasteiger partial charge in [-0.25, -0.2) is 4.39 Å². The predicted octanol–water partition coefficient (Wildman–Crippen LogP) is 3.95. The molecule has 0 aromatic heterocycles. The van der Waals surface area contributed by atoms with E-state index >= 15 is 0 Å². The molecule has 0 unspecified atom stereocenters. The molecule has 2 rings (SSSR count). The molecule has 0 saturated heterocycles. The second kappa shape index (κ2) is 12.6. The third kappa shape index (κ3) is 7.63. The molecule has 0 spiro atoms. The van der Waals surface area contributed by atoms with Gasteiger partial charge in [-0.3, -0.25) is 4.99 Å². The van der Waals surface area contributed by atoms with Crippen molar-refractivity contribution in [2.45, 2.75) is 26.9 Å². The van der Waals surface area contributed by atoms with Crippen LogP contribution in [0.4, 0.5) is 4.39 Å². The Bertz CT molecular complexity index is 784. The predicted molar refractivity (Wildman–Crippen MR) is 122 cm³/mol. The highest BCUT2D eigenvalue weighted by Gasteiger charge is 2.06. The summed E-state index contributed by atoms with van der Waals surface area (Å²) in [5, 5.41) is 6.53. The third-order valence-electron chi connectivity index (χ3n) is 4.12. The van der Waals surface area contributed by atoms with Gasteiger partial charge in [0.25, 0.3) is 0 Å². The van der Waals surface area contributed by atoms with Crippen LogP contribution in [0, 0.1) is 19.7 Å². The molecule has 0 fully saturated rings. The van der Waals surface area contributed by atoms with Gasteiger partial charge in [0.1, 0.15) is 18.2 Å². The van der Waals surface area contributed by atoms with Gasteiger partial charge in [0.05, 0.1) is 6.61 Å². The molecule has 0 aliphatic heterocycles. The number of aliphatic imine (C=N–C) groups is 1. The fraction of sp³-hybridized carbons (Fsp3) is 0.381. The van der Waals surface area contributed by atoms with Crippen molar-refractivity contribution in [3.05, 3.63) is 64.5 Å². The lowest BCUT2D eigenvalue weighted by atomic mass is 10.1. The first-order valence-electron chi connectivity index (χ1n) is 8.94. The van der Waals surface area contributed by atoms with E-state index in [1.54, 1.807) is 27.1 Å². The van der Waals surface area contributed by atoms with Gasteiger partial charge in [0.2, 0.25) is 0 Å². The minimum absolute atomic E-state index is 0. The molecule has 0 heterocycles. The number of guanidine groups is 1. The number of aryl methyl sites for hydroxylation is 2. The molecule has 0 atom stereocenters. The first-order valence-corrected chi connectivity index (χ1v) is 8.94. The van der Waals surface area contributed by atoms with Crippen molar-refractivity contribution >= 4 is 29.9 Å². The smallest absolute Gasteiger partial charge is 0.191 e. The molecule has 0 aliphatic rings. The van der Waals surface area contributed by atoms with Crippen LogP contribution >= 0.6 is 24.0 Å². The number of nitrogens with one attached hydrogen (secondary N) is 2. The summed E-state index contributed by atoms with van der Waals surface area (Å²) < 4.78 is 24.2. The van der Waals surface area contributed by atoms with Crippen LogP contribution in [0.25, 0.3) is 0 Å². The summed E-state index contributed by atoms with van der Waals surface area (Å²) in [6.45, 7) is 5.97. The topological polar surface area (TPSA) is 54.9 Å². The van der Waals surface area contributed by atoms with Gasteiger partial charge >= 0.3 is 0 Å². The molecular weight excluding hydrogens is 472 g/mol. The average Bonchev–Trinajstić information content (AvgIpc) is 2.66. The van der Waals surface area contributed by atoms with Gasteiger partial charge in [-0.15, -0.1) is 24.0 Å². The summed E-state index contributed by atoms with van der Waals surface area (Å²) in [6, 6.07) is 11.2. The number of nitrogens with zero attached hydrogens (tertiary/aromatic N) is 1. The Morgan fingerprint density at radius 2 is 1.79 bits per heavy atom. The SMILES string of the molecule is CN=C(NCc1ccc(F)c(C)c1)NCc1ccc(C)cc1OCCOC.I.